The van der Waals surface area contributed by atoms with Gasteiger partial charge in [0.2, 0.25) is 0 Å². The molecule has 0 amide bonds. The highest BCUT2D eigenvalue weighted by molar-refractivity contribution is 5.81. The minimum Gasteiger partial charge on any atom is -0.346 e. The van der Waals surface area contributed by atoms with Crippen molar-refractivity contribution in [2.24, 2.45) is 7.05 Å². The summed E-state index contributed by atoms with van der Waals surface area (Å²) in [7, 11) is 2.16. The van der Waals surface area contributed by atoms with Gasteiger partial charge in [-0.2, -0.15) is 0 Å². The summed E-state index contributed by atoms with van der Waals surface area (Å²) >= 11 is 0. The maximum Gasteiger partial charge on any atom is 0.128 e. The Bertz CT molecular complexity index is 865. The van der Waals surface area contributed by atoms with Crippen molar-refractivity contribution in [2.75, 3.05) is 6.54 Å². The fourth-order valence-corrected chi connectivity index (χ4v) is 3.60. The minimum absolute atomic E-state index is 0.927. The van der Waals surface area contributed by atoms with Gasteiger partial charge in [-0.3, -0.25) is 4.90 Å². The second kappa shape index (κ2) is 6.36. The molecular formula is C20H24N4. The number of fused-ring (bicyclic) bond motifs is 2. The SMILES string of the molecule is CCCc1ncc2c(n1)CN(Cc1cc3ccccc3n1C)CC2. The molecule has 3 heterocycles. The summed E-state index contributed by atoms with van der Waals surface area (Å²) in [5, 5.41) is 1.32. The van der Waals surface area contributed by atoms with Gasteiger partial charge < -0.3 is 4.57 Å². The van der Waals surface area contributed by atoms with Gasteiger partial charge in [0.05, 0.1) is 5.69 Å². The predicted molar refractivity (Wildman–Crippen MR) is 96.8 cm³/mol. The van der Waals surface area contributed by atoms with Crippen molar-refractivity contribution < 1.29 is 0 Å². The van der Waals surface area contributed by atoms with E-state index in [0.29, 0.717) is 0 Å². The Labute approximate surface area is 143 Å². The van der Waals surface area contributed by atoms with Crippen LogP contribution in [0.25, 0.3) is 10.9 Å². The van der Waals surface area contributed by atoms with Gasteiger partial charge >= 0.3 is 0 Å². The van der Waals surface area contributed by atoms with Crippen LogP contribution in [0.3, 0.4) is 0 Å². The molecular weight excluding hydrogens is 296 g/mol. The number of hydrogen-bond acceptors (Lipinski definition) is 3. The quantitative estimate of drug-likeness (QED) is 0.738. The van der Waals surface area contributed by atoms with Crippen molar-refractivity contribution >= 4 is 10.9 Å². The molecule has 0 N–H and O–H groups in total. The standard InChI is InChI=1S/C20H24N4/c1-3-6-20-21-12-16-9-10-24(14-18(16)22-20)13-17-11-15-7-4-5-8-19(15)23(17)2/h4-5,7-8,11-12H,3,6,9-10,13-14H2,1-2H3. The number of hydrogen-bond donors (Lipinski definition) is 0. The molecule has 1 aromatic carbocycles. The summed E-state index contributed by atoms with van der Waals surface area (Å²) in [4.78, 5) is 11.8. The number of aromatic nitrogens is 3. The number of rotatable bonds is 4. The zero-order chi connectivity index (χ0) is 16.5. The fourth-order valence-electron chi connectivity index (χ4n) is 3.60. The Balaban J connectivity index is 1.55. The van der Waals surface area contributed by atoms with Crippen LogP contribution in [0.4, 0.5) is 0 Å². The van der Waals surface area contributed by atoms with Crippen molar-refractivity contribution in [1.82, 2.24) is 19.4 Å². The second-order valence-electron chi connectivity index (χ2n) is 6.72. The van der Waals surface area contributed by atoms with E-state index in [1.54, 1.807) is 0 Å². The van der Waals surface area contributed by atoms with Crippen LogP contribution in [0.2, 0.25) is 0 Å². The maximum atomic E-state index is 4.80. The number of nitrogens with zero attached hydrogens (tertiary/aromatic N) is 4. The summed E-state index contributed by atoms with van der Waals surface area (Å²) in [5.41, 5.74) is 5.21. The normalized spacial score (nSPS) is 14.9. The van der Waals surface area contributed by atoms with Crippen LogP contribution >= 0.6 is 0 Å². The second-order valence-corrected chi connectivity index (χ2v) is 6.72. The Morgan fingerprint density at radius 1 is 1.21 bits per heavy atom. The van der Waals surface area contributed by atoms with E-state index in [1.165, 1.54) is 27.9 Å². The zero-order valence-corrected chi connectivity index (χ0v) is 14.5. The van der Waals surface area contributed by atoms with Crippen LogP contribution in [0, 0.1) is 0 Å². The molecule has 2 aromatic heterocycles. The highest BCUT2D eigenvalue weighted by Crippen LogP contribution is 2.22. The molecule has 0 radical (unpaired) electrons. The molecule has 0 unspecified atom stereocenters. The van der Waals surface area contributed by atoms with E-state index in [0.717, 1.165) is 44.7 Å². The molecule has 124 valence electrons. The molecule has 0 saturated carbocycles. The van der Waals surface area contributed by atoms with Crippen molar-refractivity contribution in [1.29, 1.82) is 0 Å². The molecule has 0 spiro atoms. The van der Waals surface area contributed by atoms with Gasteiger partial charge in [0.25, 0.3) is 0 Å². The summed E-state index contributed by atoms with van der Waals surface area (Å²) in [6.45, 7) is 5.15. The van der Waals surface area contributed by atoms with Crippen LogP contribution in [-0.4, -0.2) is 26.0 Å². The molecule has 0 fully saturated rings. The summed E-state index contributed by atoms with van der Waals surface area (Å²) in [5.74, 6) is 0.989. The molecule has 1 aliphatic heterocycles. The van der Waals surface area contributed by atoms with Crippen molar-refractivity contribution in [3.8, 4) is 0 Å². The van der Waals surface area contributed by atoms with Crippen molar-refractivity contribution in [2.45, 2.75) is 39.3 Å². The van der Waals surface area contributed by atoms with Crippen LogP contribution in [-0.2, 0) is 33.0 Å². The van der Waals surface area contributed by atoms with Crippen LogP contribution in [0.15, 0.2) is 36.5 Å². The van der Waals surface area contributed by atoms with E-state index in [2.05, 4.69) is 58.8 Å². The van der Waals surface area contributed by atoms with Gasteiger partial charge in [-0.05, 0) is 35.9 Å². The Kier molecular flexibility index (Phi) is 4.07. The molecule has 4 rings (SSSR count). The molecule has 4 nitrogen and oxygen atoms in total. The average Bonchev–Trinajstić information content (AvgIpc) is 2.91. The lowest BCUT2D eigenvalue weighted by Crippen LogP contribution is -2.31. The first kappa shape index (κ1) is 15.3. The number of aryl methyl sites for hydroxylation is 2. The molecule has 1 aliphatic rings. The number of para-hydroxylation sites is 1. The van der Waals surface area contributed by atoms with Gasteiger partial charge in [-0.1, -0.05) is 25.1 Å². The van der Waals surface area contributed by atoms with Crippen LogP contribution < -0.4 is 0 Å². The van der Waals surface area contributed by atoms with E-state index in [1.807, 2.05) is 6.20 Å². The minimum atomic E-state index is 0.927. The average molecular weight is 320 g/mol. The van der Waals surface area contributed by atoms with Crippen LogP contribution in [0.5, 0.6) is 0 Å². The highest BCUT2D eigenvalue weighted by Gasteiger charge is 2.19. The monoisotopic (exact) mass is 320 g/mol. The van der Waals surface area contributed by atoms with Crippen LogP contribution in [0.1, 0.15) is 36.1 Å². The summed E-state index contributed by atoms with van der Waals surface area (Å²) < 4.78 is 2.31. The van der Waals surface area contributed by atoms with E-state index >= 15 is 0 Å². The third-order valence-electron chi connectivity index (χ3n) is 4.99. The van der Waals surface area contributed by atoms with Gasteiger partial charge in [-0.15, -0.1) is 0 Å². The maximum absolute atomic E-state index is 4.80. The Morgan fingerprint density at radius 3 is 2.92 bits per heavy atom. The molecule has 24 heavy (non-hydrogen) atoms. The highest BCUT2D eigenvalue weighted by atomic mass is 15.2. The largest absolute Gasteiger partial charge is 0.346 e. The van der Waals surface area contributed by atoms with Gasteiger partial charge in [0.15, 0.2) is 0 Å². The summed E-state index contributed by atoms with van der Waals surface area (Å²) in [6.07, 6.45) is 5.15. The van der Waals surface area contributed by atoms with Gasteiger partial charge in [0.1, 0.15) is 5.82 Å². The van der Waals surface area contributed by atoms with E-state index in [-0.39, 0.29) is 0 Å². The van der Waals surface area contributed by atoms with Gasteiger partial charge in [0, 0.05) is 50.5 Å². The molecule has 0 bridgehead atoms. The topological polar surface area (TPSA) is 34.0 Å². The smallest absolute Gasteiger partial charge is 0.128 e. The lowest BCUT2D eigenvalue weighted by molar-refractivity contribution is 0.236. The number of benzene rings is 1. The molecule has 0 atom stereocenters. The first-order chi connectivity index (χ1) is 11.7. The predicted octanol–water partition coefficient (Wildman–Crippen LogP) is 3.48. The zero-order valence-electron chi connectivity index (χ0n) is 14.5. The third-order valence-corrected chi connectivity index (χ3v) is 4.99. The first-order valence-corrected chi connectivity index (χ1v) is 8.84. The van der Waals surface area contributed by atoms with Crippen molar-refractivity contribution in [3.63, 3.8) is 0 Å². The summed E-state index contributed by atoms with van der Waals surface area (Å²) in [6, 6.07) is 10.9. The third kappa shape index (κ3) is 2.82. The van der Waals surface area contributed by atoms with E-state index < -0.39 is 0 Å². The molecule has 0 aliphatic carbocycles. The molecule has 3 aromatic rings. The molecule has 4 heteroatoms. The van der Waals surface area contributed by atoms with E-state index in [4.69, 9.17) is 4.98 Å². The first-order valence-electron chi connectivity index (χ1n) is 8.84. The lowest BCUT2D eigenvalue weighted by Gasteiger charge is -2.28. The molecule has 0 saturated heterocycles. The van der Waals surface area contributed by atoms with E-state index in [9.17, 15) is 0 Å². The Morgan fingerprint density at radius 2 is 2.08 bits per heavy atom. The lowest BCUT2D eigenvalue weighted by atomic mass is 10.1. The van der Waals surface area contributed by atoms with Gasteiger partial charge in [-0.25, -0.2) is 9.97 Å². The van der Waals surface area contributed by atoms with Crippen molar-refractivity contribution in [3.05, 3.63) is 59.3 Å². The Hall–Kier alpha value is -2.20. The fraction of sp³-hybridized carbons (Fsp3) is 0.400.